The summed E-state index contributed by atoms with van der Waals surface area (Å²) in [6, 6.07) is 3.49. The Bertz CT molecular complexity index is 561. The number of halogens is 2. The number of sulfonamides is 1. The Labute approximate surface area is 118 Å². The van der Waals surface area contributed by atoms with Crippen LogP contribution in [0.25, 0.3) is 0 Å². The van der Waals surface area contributed by atoms with Gasteiger partial charge in [0.15, 0.2) is 0 Å². The van der Waals surface area contributed by atoms with E-state index in [2.05, 4.69) is 0 Å². The molecule has 0 radical (unpaired) electrons. The molecule has 4 nitrogen and oxygen atoms in total. The van der Waals surface area contributed by atoms with Crippen molar-refractivity contribution in [3.05, 3.63) is 29.0 Å². The van der Waals surface area contributed by atoms with Crippen LogP contribution in [0.2, 0.25) is 5.02 Å². The van der Waals surface area contributed by atoms with Crippen LogP contribution in [0.5, 0.6) is 0 Å². The predicted molar refractivity (Wildman–Crippen MR) is 74.1 cm³/mol. The van der Waals surface area contributed by atoms with E-state index in [0.717, 1.165) is 10.4 Å². The van der Waals surface area contributed by atoms with Gasteiger partial charge in [0.1, 0.15) is 10.7 Å². The van der Waals surface area contributed by atoms with E-state index < -0.39 is 15.8 Å². The highest BCUT2D eigenvalue weighted by Gasteiger charge is 2.29. The van der Waals surface area contributed by atoms with E-state index in [1.165, 1.54) is 19.2 Å². The molecule has 0 bridgehead atoms. The normalized spacial score (nSPS) is 13.0. The highest BCUT2D eigenvalue weighted by atomic mass is 35.5. The van der Waals surface area contributed by atoms with E-state index in [1.807, 2.05) is 13.8 Å². The fourth-order valence-electron chi connectivity index (χ4n) is 1.60. The summed E-state index contributed by atoms with van der Waals surface area (Å²) < 4.78 is 39.3. The van der Waals surface area contributed by atoms with Crippen LogP contribution in [0.4, 0.5) is 4.39 Å². The van der Waals surface area contributed by atoms with Gasteiger partial charge in [-0.3, -0.25) is 0 Å². The number of hydrogen-bond acceptors (Lipinski definition) is 3. The molecule has 1 aromatic carbocycles. The molecule has 0 aliphatic heterocycles. The van der Waals surface area contributed by atoms with Gasteiger partial charge in [-0.1, -0.05) is 25.4 Å². The summed E-state index contributed by atoms with van der Waals surface area (Å²) in [5.74, 6) is -0.857. The first-order valence-corrected chi connectivity index (χ1v) is 7.53. The molecular weight excluding hydrogens is 291 g/mol. The topological polar surface area (TPSA) is 63.4 Å². The van der Waals surface area contributed by atoms with Crippen molar-refractivity contribution in [2.75, 3.05) is 20.1 Å². The van der Waals surface area contributed by atoms with Crippen LogP contribution in [0, 0.1) is 11.2 Å². The second-order valence-corrected chi connectivity index (χ2v) is 7.65. The Balaban J connectivity index is 3.10. The lowest BCUT2D eigenvalue weighted by Crippen LogP contribution is -2.39. The molecule has 19 heavy (non-hydrogen) atoms. The second kappa shape index (κ2) is 5.75. The van der Waals surface area contributed by atoms with Crippen LogP contribution in [-0.4, -0.2) is 32.9 Å². The molecule has 0 heterocycles. The largest absolute Gasteiger partial charge is 0.330 e. The Morgan fingerprint density at radius 2 is 2.00 bits per heavy atom. The molecule has 7 heteroatoms. The molecule has 0 amide bonds. The maximum Gasteiger partial charge on any atom is 0.245 e. The van der Waals surface area contributed by atoms with Crippen molar-refractivity contribution in [1.82, 2.24) is 4.31 Å². The van der Waals surface area contributed by atoms with Gasteiger partial charge in [-0.25, -0.2) is 17.1 Å². The molecule has 0 aliphatic carbocycles. The lowest BCUT2D eigenvalue weighted by atomic mass is 9.94. The number of rotatable bonds is 5. The molecule has 0 saturated carbocycles. The summed E-state index contributed by atoms with van der Waals surface area (Å²) in [5, 5.41) is 0.154. The predicted octanol–water partition coefficient (Wildman–Crippen LogP) is 2.08. The highest BCUT2D eigenvalue weighted by Crippen LogP contribution is 2.24. The van der Waals surface area contributed by atoms with Gasteiger partial charge in [0.2, 0.25) is 10.0 Å². The van der Waals surface area contributed by atoms with E-state index in [4.69, 9.17) is 17.3 Å². The minimum atomic E-state index is -3.89. The lowest BCUT2D eigenvalue weighted by molar-refractivity contribution is 0.291. The average Bonchev–Trinajstić information content (AvgIpc) is 2.27. The van der Waals surface area contributed by atoms with Gasteiger partial charge in [0.25, 0.3) is 0 Å². The van der Waals surface area contributed by atoms with Gasteiger partial charge < -0.3 is 5.73 Å². The molecule has 108 valence electrons. The second-order valence-electron chi connectivity index (χ2n) is 5.20. The third-order valence-electron chi connectivity index (χ3n) is 2.79. The molecule has 0 aliphatic rings. The van der Waals surface area contributed by atoms with E-state index >= 15 is 0 Å². The van der Waals surface area contributed by atoms with Crippen LogP contribution in [-0.2, 0) is 10.0 Å². The average molecular weight is 309 g/mol. The quantitative estimate of drug-likeness (QED) is 0.906. The van der Waals surface area contributed by atoms with Gasteiger partial charge in [-0.05, 0) is 30.2 Å². The molecule has 0 fully saturated rings. The fraction of sp³-hybridized carbons (Fsp3) is 0.500. The Hall–Kier alpha value is -0.690. The number of nitrogens with zero attached hydrogens (tertiary/aromatic N) is 1. The minimum absolute atomic E-state index is 0.154. The lowest BCUT2D eigenvalue weighted by Gasteiger charge is -2.28. The third kappa shape index (κ3) is 3.89. The van der Waals surface area contributed by atoms with E-state index in [-0.39, 0.29) is 21.9 Å². The summed E-state index contributed by atoms with van der Waals surface area (Å²) in [5.41, 5.74) is 5.19. The van der Waals surface area contributed by atoms with Crippen molar-refractivity contribution in [1.29, 1.82) is 0 Å². The summed E-state index contributed by atoms with van der Waals surface area (Å²) in [6.45, 7) is 4.22. The summed E-state index contributed by atoms with van der Waals surface area (Å²) in [6.07, 6.45) is 0. The highest BCUT2D eigenvalue weighted by molar-refractivity contribution is 7.89. The molecular formula is C12H18ClFN2O2S. The molecule has 2 N–H and O–H groups in total. The molecule has 0 atom stereocenters. The number of hydrogen-bond donors (Lipinski definition) is 1. The Morgan fingerprint density at radius 1 is 1.42 bits per heavy atom. The van der Waals surface area contributed by atoms with Crippen LogP contribution in [0.3, 0.4) is 0 Å². The van der Waals surface area contributed by atoms with Crippen LogP contribution >= 0.6 is 11.6 Å². The number of benzene rings is 1. The maximum absolute atomic E-state index is 13.7. The third-order valence-corrected chi connectivity index (χ3v) is 4.86. The standard InChI is InChI=1S/C12H18ClFN2O2S/c1-12(2,7-15)8-16(3)19(17,18)11-5-4-9(13)6-10(11)14/h4-6H,7-8,15H2,1-3H3. The Morgan fingerprint density at radius 3 is 2.47 bits per heavy atom. The van der Waals surface area contributed by atoms with Crippen molar-refractivity contribution in [3.63, 3.8) is 0 Å². The zero-order valence-electron chi connectivity index (χ0n) is 11.2. The summed E-state index contributed by atoms with van der Waals surface area (Å²) in [7, 11) is -2.48. The van der Waals surface area contributed by atoms with Gasteiger partial charge in [-0.15, -0.1) is 0 Å². The summed E-state index contributed by atoms with van der Waals surface area (Å²) >= 11 is 5.61. The van der Waals surface area contributed by atoms with E-state index in [9.17, 15) is 12.8 Å². The number of nitrogens with two attached hydrogens (primary N) is 1. The molecule has 1 aromatic rings. The van der Waals surface area contributed by atoms with Crippen LogP contribution in [0.1, 0.15) is 13.8 Å². The zero-order chi connectivity index (χ0) is 14.8. The first-order valence-electron chi connectivity index (χ1n) is 5.71. The molecule has 0 aromatic heterocycles. The first kappa shape index (κ1) is 16.4. The Kier molecular flexibility index (Phi) is 4.95. The molecule has 0 unspecified atom stereocenters. The van der Waals surface area contributed by atoms with Crippen molar-refractivity contribution in [3.8, 4) is 0 Å². The van der Waals surface area contributed by atoms with Crippen molar-refractivity contribution < 1.29 is 12.8 Å². The van der Waals surface area contributed by atoms with Gasteiger partial charge in [0, 0.05) is 18.6 Å². The fourth-order valence-corrected chi connectivity index (χ4v) is 3.16. The summed E-state index contributed by atoms with van der Waals surface area (Å²) in [4.78, 5) is -0.382. The first-order chi connectivity index (χ1) is 8.60. The van der Waals surface area contributed by atoms with E-state index in [1.54, 1.807) is 0 Å². The van der Waals surface area contributed by atoms with E-state index in [0.29, 0.717) is 6.54 Å². The van der Waals surface area contributed by atoms with Crippen molar-refractivity contribution in [2.45, 2.75) is 18.7 Å². The van der Waals surface area contributed by atoms with Gasteiger partial charge in [0.05, 0.1) is 0 Å². The minimum Gasteiger partial charge on any atom is -0.330 e. The molecule has 1 rings (SSSR count). The van der Waals surface area contributed by atoms with Crippen LogP contribution in [0.15, 0.2) is 23.1 Å². The monoisotopic (exact) mass is 308 g/mol. The zero-order valence-corrected chi connectivity index (χ0v) is 12.7. The maximum atomic E-state index is 13.7. The molecule has 0 saturated heterocycles. The smallest absolute Gasteiger partial charge is 0.245 e. The van der Waals surface area contributed by atoms with Crippen molar-refractivity contribution >= 4 is 21.6 Å². The molecule has 0 spiro atoms. The van der Waals surface area contributed by atoms with Gasteiger partial charge in [-0.2, -0.15) is 0 Å². The van der Waals surface area contributed by atoms with Crippen LogP contribution < -0.4 is 5.73 Å². The van der Waals surface area contributed by atoms with Gasteiger partial charge >= 0.3 is 0 Å². The van der Waals surface area contributed by atoms with Crippen molar-refractivity contribution in [2.24, 2.45) is 11.1 Å². The SMILES string of the molecule is CN(CC(C)(C)CN)S(=O)(=O)c1ccc(Cl)cc1F.